The fraction of sp³-hybridized carbons (Fsp3) is 0.333. The molecule has 2 aromatic heterocycles. The summed E-state index contributed by atoms with van der Waals surface area (Å²) in [5, 5.41) is 23.9. The second-order valence-corrected chi connectivity index (χ2v) is 7.48. The number of hydrogen-bond acceptors (Lipinski definition) is 5. The van der Waals surface area contributed by atoms with Gasteiger partial charge < -0.3 is 30.8 Å². The standard InChI is InChI=1S/C21H24N4O4/c1-3-13-18(24-20(27)17(19(13)26)21(28)29)10-4-5-15-11(6-10)7-16-14(23-2)8-12(22)9-25(15)16/h4-7,12,14,23H,3,8-9,22H2,1-2H3,(H,28,29)(H2,24,26,27)/t12-,14-/m1/s1. The SMILES string of the molecule is CCc1c(-c2ccc3c(c2)cc2n3C[C@H](N)C[C@H]2NC)[nH]c(=O)c(C(=O)O)c1O. The second kappa shape index (κ2) is 7.06. The molecule has 1 aliphatic heterocycles. The predicted octanol–water partition coefficient (Wildman–Crippen LogP) is 1.95. The van der Waals surface area contributed by atoms with Crippen LogP contribution in [-0.4, -0.2) is 38.8 Å². The maximum Gasteiger partial charge on any atom is 0.345 e. The number of carboxylic acid groups (broad SMARTS) is 1. The van der Waals surface area contributed by atoms with Gasteiger partial charge in [-0.25, -0.2) is 4.79 Å². The number of carboxylic acids is 1. The van der Waals surface area contributed by atoms with Crippen LogP contribution in [0.3, 0.4) is 0 Å². The van der Waals surface area contributed by atoms with E-state index in [1.807, 2.05) is 25.2 Å². The van der Waals surface area contributed by atoms with Crippen molar-refractivity contribution < 1.29 is 15.0 Å². The molecule has 0 saturated heterocycles. The van der Waals surface area contributed by atoms with Gasteiger partial charge in [0.15, 0.2) is 5.56 Å². The van der Waals surface area contributed by atoms with Crippen LogP contribution >= 0.6 is 0 Å². The topological polar surface area (TPSA) is 133 Å². The summed E-state index contributed by atoms with van der Waals surface area (Å²) in [6.45, 7) is 2.54. The van der Waals surface area contributed by atoms with Crippen LogP contribution in [0.2, 0.25) is 0 Å². The minimum atomic E-state index is -1.45. The number of pyridine rings is 1. The monoisotopic (exact) mass is 396 g/mol. The highest BCUT2D eigenvalue weighted by Crippen LogP contribution is 2.35. The van der Waals surface area contributed by atoms with Crippen molar-refractivity contribution in [2.75, 3.05) is 7.05 Å². The first kappa shape index (κ1) is 19.2. The second-order valence-electron chi connectivity index (χ2n) is 7.48. The number of nitrogens with one attached hydrogen (secondary N) is 2. The summed E-state index contributed by atoms with van der Waals surface area (Å²) in [7, 11) is 1.92. The number of nitrogens with two attached hydrogens (primary N) is 1. The first-order chi connectivity index (χ1) is 13.8. The number of benzene rings is 1. The lowest BCUT2D eigenvalue weighted by atomic mass is 9.99. The molecule has 2 atom stereocenters. The number of H-pyrrole nitrogens is 1. The van der Waals surface area contributed by atoms with Crippen LogP contribution in [0, 0.1) is 0 Å². The number of rotatable bonds is 4. The molecule has 29 heavy (non-hydrogen) atoms. The zero-order chi connectivity index (χ0) is 20.9. The molecule has 4 rings (SSSR count). The summed E-state index contributed by atoms with van der Waals surface area (Å²) in [5.74, 6) is -1.92. The van der Waals surface area contributed by atoms with E-state index in [-0.39, 0.29) is 12.1 Å². The first-order valence-corrected chi connectivity index (χ1v) is 9.63. The van der Waals surface area contributed by atoms with E-state index in [2.05, 4.69) is 20.9 Å². The third-order valence-corrected chi connectivity index (χ3v) is 5.74. The van der Waals surface area contributed by atoms with Crippen LogP contribution in [0.4, 0.5) is 0 Å². The molecule has 0 saturated carbocycles. The molecule has 1 aromatic carbocycles. The average Bonchev–Trinajstić information content (AvgIpc) is 3.04. The Labute approximate surface area is 167 Å². The Hall–Kier alpha value is -3.10. The van der Waals surface area contributed by atoms with Gasteiger partial charge in [-0.15, -0.1) is 0 Å². The van der Waals surface area contributed by atoms with Crippen molar-refractivity contribution in [1.29, 1.82) is 0 Å². The molecule has 152 valence electrons. The number of hydrogen-bond donors (Lipinski definition) is 5. The van der Waals surface area contributed by atoms with E-state index in [4.69, 9.17) is 5.73 Å². The third kappa shape index (κ3) is 3.01. The molecule has 0 unspecified atom stereocenters. The first-order valence-electron chi connectivity index (χ1n) is 9.63. The molecule has 1 aliphatic rings. The lowest BCUT2D eigenvalue weighted by molar-refractivity contribution is 0.0691. The van der Waals surface area contributed by atoms with E-state index < -0.39 is 22.8 Å². The summed E-state index contributed by atoms with van der Waals surface area (Å²) in [6, 6.07) is 8.13. The zero-order valence-electron chi connectivity index (χ0n) is 16.3. The molecule has 3 heterocycles. The molecule has 0 bridgehead atoms. The molecule has 6 N–H and O–H groups in total. The minimum absolute atomic E-state index is 0.0683. The number of fused-ring (bicyclic) bond motifs is 3. The summed E-state index contributed by atoms with van der Waals surface area (Å²) < 4.78 is 2.21. The number of aromatic nitrogens is 2. The van der Waals surface area contributed by atoms with Crippen molar-refractivity contribution in [3.63, 3.8) is 0 Å². The van der Waals surface area contributed by atoms with E-state index in [0.717, 1.165) is 29.6 Å². The molecule has 0 radical (unpaired) electrons. The number of aromatic carboxylic acids is 1. The smallest absolute Gasteiger partial charge is 0.345 e. The number of nitrogens with zero attached hydrogens (tertiary/aromatic N) is 1. The molecule has 8 heteroatoms. The number of carbonyl (C=O) groups is 1. The van der Waals surface area contributed by atoms with Crippen molar-refractivity contribution in [1.82, 2.24) is 14.9 Å². The summed E-state index contributed by atoms with van der Waals surface area (Å²) in [5.41, 5.74) is 8.54. The van der Waals surface area contributed by atoms with Gasteiger partial charge in [-0.1, -0.05) is 13.0 Å². The van der Waals surface area contributed by atoms with Crippen molar-refractivity contribution in [3.05, 3.63) is 51.4 Å². The Balaban J connectivity index is 1.90. The average molecular weight is 396 g/mol. The van der Waals surface area contributed by atoms with Gasteiger partial charge in [0, 0.05) is 40.8 Å². The van der Waals surface area contributed by atoms with Crippen molar-refractivity contribution in [2.24, 2.45) is 5.73 Å². The van der Waals surface area contributed by atoms with Gasteiger partial charge in [0.2, 0.25) is 0 Å². The summed E-state index contributed by atoms with van der Waals surface area (Å²) >= 11 is 0. The highest BCUT2D eigenvalue weighted by atomic mass is 16.4. The molecular weight excluding hydrogens is 372 g/mol. The zero-order valence-corrected chi connectivity index (χ0v) is 16.3. The summed E-state index contributed by atoms with van der Waals surface area (Å²) in [4.78, 5) is 26.2. The van der Waals surface area contributed by atoms with E-state index in [1.54, 1.807) is 6.92 Å². The molecule has 0 spiro atoms. The number of aromatic hydroxyl groups is 1. The van der Waals surface area contributed by atoms with Gasteiger partial charge in [0.1, 0.15) is 5.75 Å². The van der Waals surface area contributed by atoms with Crippen LogP contribution in [0.1, 0.15) is 41.0 Å². The van der Waals surface area contributed by atoms with E-state index in [1.165, 1.54) is 0 Å². The van der Waals surface area contributed by atoms with E-state index >= 15 is 0 Å². The van der Waals surface area contributed by atoms with E-state index in [0.29, 0.717) is 23.2 Å². The van der Waals surface area contributed by atoms with Crippen LogP contribution in [0.15, 0.2) is 29.1 Å². The van der Waals surface area contributed by atoms with Gasteiger partial charge in [0.25, 0.3) is 5.56 Å². The van der Waals surface area contributed by atoms with Crippen LogP contribution < -0.4 is 16.6 Å². The highest BCUT2D eigenvalue weighted by Gasteiger charge is 2.26. The maximum atomic E-state index is 12.3. The fourth-order valence-corrected chi connectivity index (χ4v) is 4.36. The summed E-state index contributed by atoms with van der Waals surface area (Å²) in [6.07, 6.45) is 1.23. The Morgan fingerprint density at radius 1 is 1.38 bits per heavy atom. The van der Waals surface area contributed by atoms with Crippen molar-refractivity contribution in [2.45, 2.75) is 38.4 Å². The molecule has 0 amide bonds. The van der Waals surface area contributed by atoms with Gasteiger partial charge in [0.05, 0.1) is 5.69 Å². The van der Waals surface area contributed by atoms with Gasteiger partial charge in [-0.3, -0.25) is 4.79 Å². The fourth-order valence-electron chi connectivity index (χ4n) is 4.36. The Bertz CT molecular complexity index is 1180. The van der Waals surface area contributed by atoms with Crippen molar-refractivity contribution >= 4 is 16.9 Å². The van der Waals surface area contributed by atoms with Crippen LogP contribution in [0.25, 0.3) is 22.2 Å². The lowest BCUT2D eigenvalue weighted by Crippen LogP contribution is -2.37. The molecule has 0 aliphatic carbocycles. The largest absolute Gasteiger partial charge is 0.506 e. The number of aromatic amines is 1. The Morgan fingerprint density at radius 2 is 2.14 bits per heavy atom. The highest BCUT2D eigenvalue weighted by molar-refractivity contribution is 5.92. The molecule has 0 fully saturated rings. The minimum Gasteiger partial charge on any atom is -0.506 e. The Morgan fingerprint density at radius 3 is 2.79 bits per heavy atom. The van der Waals surface area contributed by atoms with E-state index in [9.17, 15) is 19.8 Å². The van der Waals surface area contributed by atoms with Crippen molar-refractivity contribution in [3.8, 4) is 17.0 Å². The Kier molecular flexibility index (Phi) is 4.68. The molecular formula is C21H24N4O4. The quantitative estimate of drug-likeness (QED) is 0.458. The normalized spacial score (nSPS) is 18.7. The van der Waals surface area contributed by atoms with Gasteiger partial charge in [-0.2, -0.15) is 0 Å². The van der Waals surface area contributed by atoms with Gasteiger partial charge in [-0.05, 0) is 43.7 Å². The third-order valence-electron chi connectivity index (χ3n) is 5.74. The molecule has 3 aromatic rings. The van der Waals surface area contributed by atoms with Crippen LogP contribution in [-0.2, 0) is 13.0 Å². The predicted molar refractivity (Wildman–Crippen MR) is 110 cm³/mol. The molecule has 8 nitrogen and oxygen atoms in total. The lowest BCUT2D eigenvalue weighted by Gasteiger charge is -2.29. The van der Waals surface area contributed by atoms with Crippen LogP contribution in [0.5, 0.6) is 5.75 Å². The van der Waals surface area contributed by atoms with Gasteiger partial charge >= 0.3 is 5.97 Å². The maximum absolute atomic E-state index is 12.3.